The van der Waals surface area contributed by atoms with E-state index in [1.807, 2.05) is 19.2 Å². The SMILES string of the molecule is CC(C)c1nc(Cn2cc([N+](=O)[O-])c(C(=O)O)n2)cs1. The van der Waals surface area contributed by atoms with Gasteiger partial charge in [-0.05, 0) is 0 Å². The number of rotatable bonds is 5. The lowest BCUT2D eigenvalue weighted by Gasteiger charge is -1.98. The molecule has 0 radical (unpaired) electrons. The predicted octanol–water partition coefficient (Wildman–Crippen LogP) is 2.12. The third kappa shape index (κ3) is 2.82. The van der Waals surface area contributed by atoms with E-state index in [0.717, 1.165) is 11.2 Å². The standard InChI is InChI=1S/C11H12N4O4S/c1-6(2)10-12-7(5-20-10)3-14-4-8(15(18)19)9(13-14)11(16)17/h4-6H,3H2,1-2H3,(H,16,17). The summed E-state index contributed by atoms with van der Waals surface area (Å²) in [5.74, 6) is -1.12. The lowest BCUT2D eigenvalue weighted by Crippen LogP contribution is -2.05. The Morgan fingerprint density at radius 3 is 2.75 bits per heavy atom. The van der Waals surface area contributed by atoms with E-state index in [4.69, 9.17) is 5.11 Å². The minimum atomic E-state index is -1.42. The molecule has 8 nitrogen and oxygen atoms in total. The number of aromatic carboxylic acids is 1. The summed E-state index contributed by atoms with van der Waals surface area (Å²) in [5.41, 5.74) is -0.376. The van der Waals surface area contributed by atoms with Crippen LogP contribution in [0.15, 0.2) is 11.6 Å². The van der Waals surface area contributed by atoms with Crippen molar-refractivity contribution < 1.29 is 14.8 Å². The highest BCUT2D eigenvalue weighted by atomic mass is 32.1. The maximum absolute atomic E-state index is 10.9. The zero-order valence-corrected chi connectivity index (χ0v) is 11.6. The minimum Gasteiger partial charge on any atom is -0.476 e. The maximum Gasteiger partial charge on any atom is 0.363 e. The summed E-state index contributed by atoms with van der Waals surface area (Å²) in [5, 5.41) is 26.2. The molecule has 1 N–H and O–H groups in total. The van der Waals surface area contributed by atoms with Crippen LogP contribution in [0.2, 0.25) is 0 Å². The van der Waals surface area contributed by atoms with E-state index in [1.165, 1.54) is 16.0 Å². The van der Waals surface area contributed by atoms with Crippen LogP contribution in [0.4, 0.5) is 5.69 Å². The maximum atomic E-state index is 10.9. The van der Waals surface area contributed by atoms with Crippen molar-refractivity contribution in [1.82, 2.24) is 14.8 Å². The second-order valence-corrected chi connectivity index (χ2v) is 5.34. The van der Waals surface area contributed by atoms with Crippen molar-refractivity contribution in [3.63, 3.8) is 0 Å². The van der Waals surface area contributed by atoms with Crippen LogP contribution >= 0.6 is 11.3 Å². The van der Waals surface area contributed by atoms with E-state index in [9.17, 15) is 14.9 Å². The highest BCUT2D eigenvalue weighted by Crippen LogP contribution is 2.21. The molecular weight excluding hydrogens is 284 g/mol. The largest absolute Gasteiger partial charge is 0.476 e. The fourth-order valence-electron chi connectivity index (χ4n) is 1.60. The zero-order valence-electron chi connectivity index (χ0n) is 10.8. The fourth-order valence-corrected chi connectivity index (χ4v) is 2.43. The summed E-state index contributed by atoms with van der Waals surface area (Å²) in [6, 6.07) is 0. The number of thiazole rings is 1. The molecule has 0 aliphatic heterocycles. The number of carbonyl (C=O) groups is 1. The van der Waals surface area contributed by atoms with E-state index in [0.29, 0.717) is 11.6 Å². The smallest absolute Gasteiger partial charge is 0.363 e. The molecule has 106 valence electrons. The number of carboxylic acids is 1. The Morgan fingerprint density at radius 1 is 1.60 bits per heavy atom. The van der Waals surface area contributed by atoms with E-state index >= 15 is 0 Å². The number of nitro groups is 1. The highest BCUT2D eigenvalue weighted by Gasteiger charge is 2.25. The Bertz CT molecular complexity index is 630. The summed E-state index contributed by atoms with van der Waals surface area (Å²) in [4.78, 5) is 25.3. The van der Waals surface area contributed by atoms with Crippen LogP contribution in [0.25, 0.3) is 0 Å². The van der Waals surface area contributed by atoms with Crippen LogP contribution in [-0.2, 0) is 6.54 Å². The van der Waals surface area contributed by atoms with Gasteiger partial charge in [-0.25, -0.2) is 9.78 Å². The van der Waals surface area contributed by atoms with E-state index < -0.39 is 22.3 Å². The van der Waals surface area contributed by atoms with Crippen molar-refractivity contribution in [2.24, 2.45) is 0 Å². The van der Waals surface area contributed by atoms with E-state index in [-0.39, 0.29) is 6.54 Å². The number of hydrogen-bond acceptors (Lipinski definition) is 6. The lowest BCUT2D eigenvalue weighted by molar-refractivity contribution is -0.385. The second-order valence-electron chi connectivity index (χ2n) is 4.45. The van der Waals surface area contributed by atoms with Crippen LogP contribution in [0.5, 0.6) is 0 Å². The molecule has 0 fully saturated rings. The van der Waals surface area contributed by atoms with Crippen LogP contribution < -0.4 is 0 Å². The number of aromatic nitrogens is 3. The molecule has 0 bridgehead atoms. The van der Waals surface area contributed by atoms with E-state index in [2.05, 4.69) is 10.1 Å². The number of nitrogens with zero attached hydrogens (tertiary/aromatic N) is 4. The van der Waals surface area contributed by atoms with Gasteiger partial charge in [0, 0.05) is 11.3 Å². The molecule has 0 unspecified atom stereocenters. The molecule has 9 heteroatoms. The average molecular weight is 296 g/mol. The first-order valence-corrected chi connectivity index (χ1v) is 6.66. The Balaban J connectivity index is 2.27. The molecule has 2 aromatic heterocycles. The van der Waals surface area contributed by atoms with Crippen LogP contribution in [-0.4, -0.2) is 30.8 Å². The molecule has 0 aliphatic carbocycles. The minimum absolute atomic E-state index is 0.206. The Kier molecular flexibility index (Phi) is 3.79. The first kappa shape index (κ1) is 14.1. The van der Waals surface area contributed by atoms with Crippen LogP contribution in [0.3, 0.4) is 0 Å². The van der Waals surface area contributed by atoms with Gasteiger partial charge in [0.1, 0.15) is 6.20 Å². The van der Waals surface area contributed by atoms with Gasteiger partial charge in [0.2, 0.25) is 5.69 Å². The molecule has 0 aromatic carbocycles. The predicted molar refractivity (Wildman–Crippen MR) is 71.1 cm³/mol. The van der Waals surface area contributed by atoms with Gasteiger partial charge in [0.05, 0.1) is 22.2 Å². The average Bonchev–Trinajstić information content (AvgIpc) is 2.96. The Morgan fingerprint density at radius 2 is 2.30 bits per heavy atom. The molecule has 0 saturated carbocycles. The summed E-state index contributed by atoms with van der Waals surface area (Å²) in [6.45, 7) is 4.24. The van der Waals surface area contributed by atoms with Crippen molar-refractivity contribution in [2.45, 2.75) is 26.3 Å². The van der Waals surface area contributed by atoms with Crippen LogP contribution in [0, 0.1) is 10.1 Å². The molecule has 20 heavy (non-hydrogen) atoms. The molecule has 0 amide bonds. The molecule has 0 spiro atoms. The molecule has 2 aromatic rings. The van der Waals surface area contributed by atoms with Gasteiger partial charge in [-0.2, -0.15) is 5.10 Å². The first-order chi connectivity index (χ1) is 9.38. The highest BCUT2D eigenvalue weighted by molar-refractivity contribution is 7.09. The van der Waals surface area contributed by atoms with Crippen molar-refractivity contribution in [3.8, 4) is 0 Å². The molecule has 2 heterocycles. The summed E-state index contributed by atoms with van der Waals surface area (Å²) in [6.07, 6.45) is 1.11. The van der Waals surface area contributed by atoms with Gasteiger partial charge in [0.15, 0.2) is 0 Å². The van der Waals surface area contributed by atoms with Gasteiger partial charge in [-0.1, -0.05) is 13.8 Å². The van der Waals surface area contributed by atoms with Gasteiger partial charge >= 0.3 is 11.7 Å². The zero-order chi connectivity index (χ0) is 14.9. The van der Waals surface area contributed by atoms with Crippen molar-refractivity contribution >= 4 is 23.0 Å². The van der Waals surface area contributed by atoms with Crippen molar-refractivity contribution in [2.75, 3.05) is 0 Å². The number of carboxylic acid groups (broad SMARTS) is 1. The quantitative estimate of drug-likeness (QED) is 0.668. The summed E-state index contributed by atoms with van der Waals surface area (Å²) >= 11 is 1.50. The molecule has 0 atom stereocenters. The normalized spacial score (nSPS) is 10.9. The van der Waals surface area contributed by atoms with Gasteiger partial charge in [0.25, 0.3) is 0 Å². The molecule has 2 rings (SSSR count). The summed E-state index contributed by atoms with van der Waals surface area (Å²) < 4.78 is 1.22. The third-order valence-corrected chi connectivity index (χ3v) is 3.72. The van der Waals surface area contributed by atoms with Crippen LogP contribution in [0.1, 0.15) is 41.0 Å². The lowest BCUT2D eigenvalue weighted by atomic mass is 10.2. The number of hydrogen-bond donors (Lipinski definition) is 1. The van der Waals surface area contributed by atoms with Gasteiger partial charge in [-0.15, -0.1) is 11.3 Å². The molecule has 0 saturated heterocycles. The third-order valence-electron chi connectivity index (χ3n) is 2.53. The molecular formula is C11H12N4O4S. The van der Waals surface area contributed by atoms with Crippen molar-refractivity contribution in [3.05, 3.63) is 38.1 Å². The van der Waals surface area contributed by atoms with Crippen molar-refractivity contribution in [1.29, 1.82) is 0 Å². The summed E-state index contributed by atoms with van der Waals surface area (Å²) in [7, 11) is 0. The Labute approximate surface area is 117 Å². The topological polar surface area (TPSA) is 111 Å². The Hall–Kier alpha value is -2.29. The van der Waals surface area contributed by atoms with E-state index in [1.54, 1.807) is 0 Å². The second kappa shape index (κ2) is 5.37. The first-order valence-electron chi connectivity index (χ1n) is 5.78. The fraction of sp³-hybridized carbons (Fsp3) is 0.364. The van der Waals surface area contributed by atoms with Gasteiger partial charge < -0.3 is 5.11 Å². The monoisotopic (exact) mass is 296 g/mol. The van der Waals surface area contributed by atoms with Gasteiger partial charge in [-0.3, -0.25) is 14.8 Å². The molecule has 0 aliphatic rings.